The molecule has 0 spiro atoms. The van der Waals surface area contributed by atoms with E-state index in [1.165, 1.54) is 0 Å². The Morgan fingerprint density at radius 2 is 2.03 bits per heavy atom. The third-order valence-electron chi connectivity index (χ3n) is 5.03. The zero-order valence-corrected chi connectivity index (χ0v) is 16.0. The van der Waals surface area contributed by atoms with Gasteiger partial charge in [0.05, 0.1) is 12.7 Å². The molecular weight excluding hydrogens is 370 g/mol. The standard InChI is InChI=1S/C21H19N5O3/c1-22-19-14-9-23-18(26-20(27)11-3-4-11)8-13(14)15(10-24-19)21-25-16-7-12(28-2)5-6-17(16)29-21/h5-11H,3-4H2,1-2H3,(H,22,24)(H,23,26,27). The van der Waals surface area contributed by atoms with Gasteiger partial charge in [0.25, 0.3) is 0 Å². The number of hydrogen-bond donors (Lipinski definition) is 2. The van der Waals surface area contributed by atoms with Gasteiger partial charge in [-0.25, -0.2) is 15.0 Å². The number of rotatable bonds is 5. The molecule has 1 fully saturated rings. The number of ether oxygens (including phenoxy) is 1. The number of aromatic nitrogens is 3. The molecule has 0 radical (unpaired) electrons. The molecule has 0 atom stereocenters. The van der Waals surface area contributed by atoms with Gasteiger partial charge in [0.15, 0.2) is 5.58 Å². The topological polar surface area (TPSA) is 102 Å². The molecule has 29 heavy (non-hydrogen) atoms. The Bertz CT molecular complexity index is 1250. The van der Waals surface area contributed by atoms with Crippen LogP contribution >= 0.6 is 0 Å². The molecule has 3 aromatic heterocycles. The fourth-order valence-corrected chi connectivity index (χ4v) is 3.30. The highest BCUT2D eigenvalue weighted by atomic mass is 16.5. The van der Waals surface area contributed by atoms with E-state index in [-0.39, 0.29) is 11.8 Å². The molecular formula is C21H19N5O3. The molecule has 0 aliphatic heterocycles. The van der Waals surface area contributed by atoms with E-state index < -0.39 is 0 Å². The van der Waals surface area contributed by atoms with Gasteiger partial charge in [-0.15, -0.1) is 0 Å². The average molecular weight is 389 g/mol. The van der Waals surface area contributed by atoms with Gasteiger partial charge < -0.3 is 19.8 Å². The number of benzene rings is 1. The number of nitrogens with one attached hydrogen (secondary N) is 2. The SMILES string of the molecule is CNc1ncc(-c2nc3cc(OC)ccc3o2)c2cc(NC(=O)C3CC3)ncc12. The summed E-state index contributed by atoms with van der Waals surface area (Å²) in [6.45, 7) is 0. The number of nitrogens with zero attached hydrogens (tertiary/aromatic N) is 3. The van der Waals surface area contributed by atoms with E-state index in [2.05, 4.69) is 25.6 Å². The first-order valence-corrected chi connectivity index (χ1v) is 9.38. The Balaban J connectivity index is 1.64. The fraction of sp³-hybridized carbons (Fsp3) is 0.238. The van der Waals surface area contributed by atoms with E-state index in [1.54, 1.807) is 26.6 Å². The minimum absolute atomic E-state index is 0.00949. The van der Waals surface area contributed by atoms with Crippen molar-refractivity contribution in [3.8, 4) is 17.2 Å². The number of carbonyl (C=O) groups excluding carboxylic acids is 1. The summed E-state index contributed by atoms with van der Waals surface area (Å²) in [5, 5.41) is 7.62. The Morgan fingerprint density at radius 1 is 1.17 bits per heavy atom. The van der Waals surface area contributed by atoms with E-state index in [4.69, 9.17) is 9.15 Å². The summed E-state index contributed by atoms with van der Waals surface area (Å²) in [7, 11) is 3.41. The summed E-state index contributed by atoms with van der Waals surface area (Å²) in [6, 6.07) is 7.31. The molecule has 1 aliphatic carbocycles. The first-order chi connectivity index (χ1) is 14.2. The molecule has 2 N–H and O–H groups in total. The number of amides is 1. The molecule has 1 saturated carbocycles. The van der Waals surface area contributed by atoms with Crippen LogP contribution in [0.1, 0.15) is 12.8 Å². The number of carbonyl (C=O) groups is 1. The van der Waals surface area contributed by atoms with Crippen LogP contribution in [-0.4, -0.2) is 35.0 Å². The van der Waals surface area contributed by atoms with Gasteiger partial charge in [0, 0.05) is 42.2 Å². The van der Waals surface area contributed by atoms with Gasteiger partial charge in [-0.3, -0.25) is 4.79 Å². The molecule has 8 nitrogen and oxygen atoms in total. The quantitative estimate of drug-likeness (QED) is 0.535. The maximum Gasteiger partial charge on any atom is 0.229 e. The highest BCUT2D eigenvalue weighted by Gasteiger charge is 2.30. The fourth-order valence-electron chi connectivity index (χ4n) is 3.30. The van der Waals surface area contributed by atoms with E-state index in [1.807, 2.05) is 24.3 Å². The Kier molecular flexibility index (Phi) is 4.04. The maximum absolute atomic E-state index is 12.1. The number of oxazole rings is 1. The smallest absolute Gasteiger partial charge is 0.229 e. The molecule has 146 valence electrons. The lowest BCUT2D eigenvalue weighted by Crippen LogP contribution is -2.14. The zero-order valence-electron chi connectivity index (χ0n) is 16.0. The first kappa shape index (κ1) is 17.4. The van der Waals surface area contributed by atoms with E-state index >= 15 is 0 Å². The lowest BCUT2D eigenvalue weighted by molar-refractivity contribution is -0.117. The Hall–Kier alpha value is -3.68. The molecule has 1 aliphatic rings. The minimum atomic E-state index is 0.00949. The molecule has 0 saturated heterocycles. The number of hydrogen-bond acceptors (Lipinski definition) is 7. The lowest BCUT2D eigenvalue weighted by Gasteiger charge is -2.10. The predicted octanol–water partition coefficient (Wildman–Crippen LogP) is 3.84. The van der Waals surface area contributed by atoms with Crippen molar-refractivity contribution in [2.45, 2.75) is 12.8 Å². The summed E-state index contributed by atoms with van der Waals surface area (Å²) in [6.07, 6.45) is 5.28. The van der Waals surface area contributed by atoms with Crippen molar-refractivity contribution in [1.82, 2.24) is 15.0 Å². The van der Waals surface area contributed by atoms with Crippen molar-refractivity contribution in [2.24, 2.45) is 5.92 Å². The van der Waals surface area contributed by atoms with Gasteiger partial charge in [0.2, 0.25) is 11.8 Å². The molecule has 0 bridgehead atoms. The van der Waals surface area contributed by atoms with Crippen molar-refractivity contribution in [1.29, 1.82) is 0 Å². The maximum atomic E-state index is 12.1. The van der Waals surface area contributed by atoms with Crippen molar-refractivity contribution < 1.29 is 13.9 Å². The molecule has 8 heteroatoms. The van der Waals surface area contributed by atoms with Crippen LogP contribution in [0, 0.1) is 5.92 Å². The monoisotopic (exact) mass is 389 g/mol. The Labute approximate surface area is 166 Å². The van der Waals surface area contributed by atoms with Crippen molar-refractivity contribution in [2.75, 3.05) is 24.8 Å². The minimum Gasteiger partial charge on any atom is -0.497 e. The molecule has 5 rings (SSSR count). The van der Waals surface area contributed by atoms with Crippen molar-refractivity contribution >= 4 is 39.4 Å². The predicted molar refractivity (Wildman–Crippen MR) is 110 cm³/mol. The third-order valence-corrected chi connectivity index (χ3v) is 5.03. The molecule has 1 amide bonds. The van der Waals surface area contributed by atoms with Gasteiger partial charge in [-0.2, -0.15) is 0 Å². The summed E-state index contributed by atoms with van der Waals surface area (Å²) in [5.74, 6) is 2.45. The average Bonchev–Trinajstić information content (AvgIpc) is 3.51. The van der Waals surface area contributed by atoms with Gasteiger partial charge in [-0.05, 0) is 31.0 Å². The highest BCUT2D eigenvalue weighted by molar-refractivity contribution is 6.03. The summed E-state index contributed by atoms with van der Waals surface area (Å²) in [5.41, 5.74) is 2.07. The van der Waals surface area contributed by atoms with Crippen LogP contribution in [0.3, 0.4) is 0 Å². The zero-order chi connectivity index (χ0) is 20.0. The van der Waals surface area contributed by atoms with E-state index in [0.29, 0.717) is 34.4 Å². The van der Waals surface area contributed by atoms with Crippen LogP contribution in [0.15, 0.2) is 41.1 Å². The second-order valence-corrected chi connectivity index (χ2v) is 7.00. The summed E-state index contributed by atoms with van der Waals surface area (Å²) >= 11 is 0. The van der Waals surface area contributed by atoms with Crippen LogP contribution in [-0.2, 0) is 4.79 Å². The van der Waals surface area contributed by atoms with E-state index in [9.17, 15) is 4.79 Å². The van der Waals surface area contributed by atoms with Crippen LogP contribution < -0.4 is 15.4 Å². The number of pyridine rings is 2. The second kappa shape index (κ2) is 6.73. The molecule has 0 unspecified atom stereocenters. The van der Waals surface area contributed by atoms with E-state index in [0.717, 1.165) is 29.2 Å². The van der Waals surface area contributed by atoms with Crippen LogP contribution in [0.4, 0.5) is 11.6 Å². The molecule has 3 heterocycles. The molecule has 4 aromatic rings. The second-order valence-electron chi connectivity index (χ2n) is 7.00. The van der Waals surface area contributed by atoms with Crippen LogP contribution in [0.5, 0.6) is 5.75 Å². The normalized spacial score (nSPS) is 13.6. The third kappa shape index (κ3) is 3.12. The van der Waals surface area contributed by atoms with Gasteiger partial charge >= 0.3 is 0 Å². The lowest BCUT2D eigenvalue weighted by atomic mass is 10.1. The van der Waals surface area contributed by atoms with Crippen LogP contribution in [0.25, 0.3) is 33.3 Å². The van der Waals surface area contributed by atoms with Gasteiger partial charge in [-0.1, -0.05) is 0 Å². The number of fused-ring (bicyclic) bond motifs is 2. The molecule has 1 aromatic carbocycles. The number of methoxy groups -OCH3 is 1. The Morgan fingerprint density at radius 3 is 2.79 bits per heavy atom. The van der Waals surface area contributed by atoms with Crippen molar-refractivity contribution in [3.63, 3.8) is 0 Å². The summed E-state index contributed by atoms with van der Waals surface area (Å²) < 4.78 is 11.2. The highest BCUT2D eigenvalue weighted by Crippen LogP contribution is 2.35. The largest absolute Gasteiger partial charge is 0.497 e. The first-order valence-electron chi connectivity index (χ1n) is 9.38. The van der Waals surface area contributed by atoms with Crippen LogP contribution in [0.2, 0.25) is 0 Å². The van der Waals surface area contributed by atoms with Crippen molar-refractivity contribution in [3.05, 3.63) is 36.7 Å². The summed E-state index contributed by atoms with van der Waals surface area (Å²) in [4.78, 5) is 25.6. The van der Waals surface area contributed by atoms with Gasteiger partial charge in [0.1, 0.15) is 22.9 Å². The number of anilines is 2.